The smallest absolute Gasteiger partial charge is 0.161 e. The quantitative estimate of drug-likeness (QED) is 0.721. The van der Waals surface area contributed by atoms with E-state index in [-0.39, 0.29) is 12.2 Å². The minimum absolute atomic E-state index is 0.0795. The lowest BCUT2D eigenvalue weighted by molar-refractivity contribution is 0.265. The first-order valence-corrected chi connectivity index (χ1v) is 7.06. The van der Waals surface area contributed by atoms with Crippen LogP contribution in [-0.2, 0) is 12.5 Å². The summed E-state index contributed by atoms with van der Waals surface area (Å²) in [6.45, 7) is 2.24. The number of alkyl halides is 1. The molecule has 0 saturated heterocycles. The zero-order chi connectivity index (χ0) is 15.2. The van der Waals surface area contributed by atoms with Crippen molar-refractivity contribution >= 4 is 11.6 Å². The van der Waals surface area contributed by atoms with E-state index >= 15 is 0 Å². The van der Waals surface area contributed by atoms with E-state index in [1.165, 1.54) is 0 Å². The number of hydrogen-bond donors (Lipinski definition) is 0. The first-order chi connectivity index (χ1) is 10.1. The maximum atomic E-state index is 13.5. The van der Waals surface area contributed by atoms with Crippen LogP contribution in [0.4, 0.5) is 8.78 Å². The van der Waals surface area contributed by atoms with Crippen molar-refractivity contribution in [2.45, 2.75) is 19.4 Å². The average Bonchev–Trinajstić information content (AvgIpc) is 2.49. The van der Waals surface area contributed by atoms with Gasteiger partial charge in [0.25, 0.3) is 0 Å². The Hall–Kier alpha value is -1.81. The molecule has 2 nitrogen and oxygen atoms in total. The molecule has 0 unspecified atom stereocenters. The maximum absolute atomic E-state index is 13.5. The van der Waals surface area contributed by atoms with E-state index in [1.807, 2.05) is 6.92 Å². The molecule has 5 heteroatoms. The molecular formula is C16H15ClF2O2. The highest BCUT2D eigenvalue weighted by molar-refractivity contribution is 6.17. The Morgan fingerprint density at radius 2 is 1.81 bits per heavy atom. The van der Waals surface area contributed by atoms with Crippen molar-refractivity contribution in [1.29, 1.82) is 0 Å². The largest absolute Gasteiger partial charge is 0.490 e. The third-order valence-corrected chi connectivity index (χ3v) is 3.16. The predicted octanol–water partition coefficient (Wildman–Crippen LogP) is 4.68. The Bertz CT molecular complexity index is 617. The summed E-state index contributed by atoms with van der Waals surface area (Å²) < 4.78 is 37.7. The van der Waals surface area contributed by atoms with Crippen LogP contribution < -0.4 is 9.47 Å². The van der Waals surface area contributed by atoms with Crippen molar-refractivity contribution in [2.75, 3.05) is 6.61 Å². The molecule has 0 amide bonds. The number of benzene rings is 2. The summed E-state index contributed by atoms with van der Waals surface area (Å²) in [4.78, 5) is 0. The highest BCUT2D eigenvalue weighted by Crippen LogP contribution is 2.30. The third-order valence-electron chi connectivity index (χ3n) is 2.85. The van der Waals surface area contributed by atoms with E-state index in [4.69, 9.17) is 21.1 Å². The van der Waals surface area contributed by atoms with Gasteiger partial charge in [0.15, 0.2) is 11.5 Å². The summed E-state index contributed by atoms with van der Waals surface area (Å²) in [5.74, 6) is 0.352. The molecule has 0 bridgehead atoms. The van der Waals surface area contributed by atoms with Crippen molar-refractivity contribution < 1.29 is 18.3 Å². The fourth-order valence-electron chi connectivity index (χ4n) is 1.83. The lowest BCUT2D eigenvalue weighted by Crippen LogP contribution is -2.02. The second kappa shape index (κ2) is 7.27. The van der Waals surface area contributed by atoms with Crippen LogP contribution in [0, 0.1) is 11.6 Å². The van der Waals surface area contributed by atoms with Crippen LogP contribution in [0.5, 0.6) is 11.5 Å². The normalized spacial score (nSPS) is 10.5. The highest BCUT2D eigenvalue weighted by Gasteiger charge is 2.09. The molecule has 0 heterocycles. The monoisotopic (exact) mass is 312 g/mol. The summed E-state index contributed by atoms with van der Waals surface area (Å²) in [6.07, 6.45) is 0. The number of ether oxygens (including phenoxy) is 2. The standard InChI is InChI=1S/C16H15ClF2O2/c1-2-20-16-7-11(9-17)3-6-15(16)21-10-12-8-13(18)4-5-14(12)19/h3-8H,2,9-10H2,1H3. The summed E-state index contributed by atoms with van der Waals surface area (Å²) in [6, 6.07) is 8.54. The number of rotatable bonds is 6. The van der Waals surface area contributed by atoms with Gasteiger partial charge in [0, 0.05) is 11.4 Å². The molecule has 0 aliphatic carbocycles. The molecule has 2 rings (SSSR count). The molecule has 0 N–H and O–H groups in total. The van der Waals surface area contributed by atoms with Gasteiger partial charge in [-0.1, -0.05) is 6.07 Å². The lowest BCUT2D eigenvalue weighted by atomic mass is 10.2. The van der Waals surface area contributed by atoms with Crippen LogP contribution in [-0.4, -0.2) is 6.61 Å². The molecule has 2 aromatic rings. The Morgan fingerprint density at radius 3 is 2.52 bits per heavy atom. The van der Waals surface area contributed by atoms with E-state index in [1.54, 1.807) is 18.2 Å². The minimum Gasteiger partial charge on any atom is -0.490 e. The minimum atomic E-state index is -0.508. The van der Waals surface area contributed by atoms with Crippen molar-refractivity contribution in [3.8, 4) is 11.5 Å². The molecule has 2 aromatic carbocycles. The van der Waals surface area contributed by atoms with Gasteiger partial charge in [0.2, 0.25) is 0 Å². The zero-order valence-corrected chi connectivity index (χ0v) is 12.3. The van der Waals surface area contributed by atoms with Gasteiger partial charge >= 0.3 is 0 Å². The summed E-state index contributed by atoms with van der Waals surface area (Å²) in [5, 5.41) is 0. The molecule has 0 radical (unpaired) electrons. The number of halogens is 3. The molecule has 0 aliphatic heterocycles. The Labute approximate surface area is 127 Å². The fourth-order valence-corrected chi connectivity index (χ4v) is 2.00. The van der Waals surface area contributed by atoms with Crippen molar-refractivity contribution in [1.82, 2.24) is 0 Å². The van der Waals surface area contributed by atoms with Crippen LogP contribution in [0.15, 0.2) is 36.4 Å². The van der Waals surface area contributed by atoms with Gasteiger partial charge in [-0.05, 0) is 42.8 Å². The second-order valence-electron chi connectivity index (χ2n) is 4.37. The Balaban J connectivity index is 2.17. The topological polar surface area (TPSA) is 18.5 Å². The molecule has 112 valence electrons. The summed E-state index contributed by atoms with van der Waals surface area (Å²) in [7, 11) is 0. The van der Waals surface area contributed by atoms with Gasteiger partial charge in [-0.3, -0.25) is 0 Å². The third kappa shape index (κ3) is 4.08. The average molecular weight is 313 g/mol. The van der Waals surface area contributed by atoms with Gasteiger partial charge in [-0.25, -0.2) is 8.78 Å². The highest BCUT2D eigenvalue weighted by atomic mass is 35.5. The van der Waals surface area contributed by atoms with E-state index in [0.717, 1.165) is 23.8 Å². The van der Waals surface area contributed by atoms with Crippen LogP contribution in [0.3, 0.4) is 0 Å². The Morgan fingerprint density at radius 1 is 1.00 bits per heavy atom. The van der Waals surface area contributed by atoms with Gasteiger partial charge in [-0.2, -0.15) is 0 Å². The zero-order valence-electron chi connectivity index (χ0n) is 11.5. The van der Waals surface area contributed by atoms with Crippen LogP contribution in [0.1, 0.15) is 18.1 Å². The molecule has 0 atom stereocenters. The van der Waals surface area contributed by atoms with E-state index in [9.17, 15) is 8.78 Å². The summed E-state index contributed by atoms with van der Waals surface area (Å²) >= 11 is 5.77. The first kappa shape index (κ1) is 15.6. The predicted molar refractivity (Wildman–Crippen MR) is 77.9 cm³/mol. The molecule has 0 fully saturated rings. The molecule has 0 aliphatic rings. The van der Waals surface area contributed by atoms with Crippen LogP contribution in [0.25, 0.3) is 0 Å². The van der Waals surface area contributed by atoms with Crippen molar-refractivity contribution in [3.05, 3.63) is 59.2 Å². The molecule has 21 heavy (non-hydrogen) atoms. The fraction of sp³-hybridized carbons (Fsp3) is 0.250. The van der Waals surface area contributed by atoms with Crippen molar-refractivity contribution in [2.24, 2.45) is 0 Å². The van der Waals surface area contributed by atoms with E-state index in [0.29, 0.717) is 24.0 Å². The second-order valence-corrected chi connectivity index (χ2v) is 4.64. The van der Waals surface area contributed by atoms with Gasteiger partial charge in [0.05, 0.1) is 6.61 Å². The summed E-state index contributed by atoms with van der Waals surface area (Å²) in [5.41, 5.74) is 1.04. The number of hydrogen-bond acceptors (Lipinski definition) is 2. The van der Waals surface area contributed by atoms with E-state index in [2.05, 4.69) is 0 Å². The Kier molecular flexibility index (Phi) is 5.39. The van der Waals surface area contributed by atoms with Crippen LogP contribution >= 0.6 is 11.6 Å². The molecule has 0 aromatic heterocycles. The van der Waals surface area contributed by atoms with Crippen molar-refractivity contribution in [3.63, 3.8) is 0 Å². The van der Waals surface area contributed by atoms with Crippen LogP contribution in [0.2, 0.25) is 0 Å². The first-order valence-electron chi connectivity index (χ1n) is 6.52. The lowest BCUT2D eigenvalue weighted by Gasteiger charge is -2.13. The SMILES string of the molecule is CCOc1cc(CCl)ccc1OCc1cc(F)ccc1F. The van der Waals surface area contributed by atoms with Gasteiger partial charge < -0.3 is 9.47 Å². The van der Waals surface area contributed by atoms with Gasteiger partial charge in [-0.15, -0.1) is 11.6 Å². The van der Waals surface area contributed by atoms with Gasteiger partial charge in [0.1, 0.15) is 18.2 Å². The molecule has 0 spiro atoms. The van der Waals surface area contributed by atoms with E-state index < -0.39 is 11.6 Å². The maximum Gasteiger partial charge on any atom is 0.161 e. The molecular weight excluding hydrogens is 298 g/mol. The molecule has 0 saturated carbocycles.